The molecule has 2 N–H and O–H groups in total. The van der Waals surface area contributed by atoms with Crippen LogP contribution in [0.15, 0.2) is 18.3 Å². The zero-order valence-corrected chi connectivity index (χ0v) is 15.0. The summed E-state index contributed by atoms with van der Waals surface area (Å²) in [6.45, 7) is 9.14. The maximum Gasteiger partial charge on any atom is 0.252 e. The molecule has 1 atom stereocenters. The molecule has 6 nitrogen and oxygen atoms in total. The predicted octanol–water partition coefficient (Wildman–Crippen LogP) is 1.22. The average molecular weight is 334 g/mol. The molecule has 2 rings (SSSR count). The quantitative estimate of drug-likeness (QED) is 0.748. The van der Waals surface area contributed by atoms with Crippen molar-refractivity contribution in [2.24, 2.45) is 11.8 Å². The van der Waals surface area contributed by atoms with Gasteiger partial charge in [-0.05, 0) is 36.9 Å². The number of carbonyl (C=O) groups excluding carboxylic acids is 1. The highest BCUT2D eigenvalue weighted by molar-refractivity contribution is 5.94. The fourth-order valence-electron chi connectivity index (χ4n) is 3.11. The molecular formula is C18H30N4O2. The third-order valence-electron chi connectivity index (χ3n) is 4.38. The predicted molar refractivity (Wildman–Crippen MR) is 96.3 cm³/mol. The van der Waals surface area contributed by atoms with E-state index in [1.54, 1.807) is 12.3 Å². The topological polar surface area (TPSA) is 68.7 Å². The van der Waals surface area contributed by atoms with Gasteiger partial charge in [-0.25, -0.2) is 4.98 Å². The minimum atomic E-state index is -0.0684. The molecule has 1 unspecified atom stereocenters. The zero-order valence-electron chi connectivity index (χ0n) is 15.0. The first kappa shape index (κ1) is 18.7. The van der Waals surface area contributed by atoms with Gasteiger partial charge in [0.05, 0.1) is 12.2 Å². The summed E-state index contributed by atoms with van der Waals surface area (Å²) in [6.07, 6.45) is 2.74. The molecule has 0 spiro atoms. The fraction of sp³-hybridized carbons (Fsp3) is 0.667. The number of amides is 1. The molecule has 0 saturated carbocycles. The van der Waals surface area contributed by atoms with Crippen LogP contribution in [0.4, 0.5) is 5.82 Å². The summed E-state index contributed by atoms with van der Waals surface area (Å²) in [5.74, 6) is 1.91. The van der Waals surface area contributed by atoms with Gasteiger partial charge in [0.1, 0.15) is 5.82 Å². The van der Waals surface area contributed by atoms with E-state index >= 15 is 0 Å². The van der Waals surface area contributed by atoms with E-state index in [2.05, 4.69) is 29.0 Å². The Morgan fingerprint density at radius 2 is 2.29 bits per heavy atom. The van der Waals surface area contributed by atoms with Crippen molar-refractivity contribution < 1.29 is 9.90 Å². The number of anilines is 1. The van der Waals surface area contributed by atoms with Crippen LogP contribution < -0.4 is 10.2 Å². The van der Waals surface area contributed by atoms with Gasteiger partial charge in [0.2, 0.25) is 0 Å². The molecule has 1 saturated heterocycles. The monoisotopic (exact) mass is 334 g/mol. The lowest BCUT2D eigenvalue weighted by Gasteiger charge is -2.18. The molecule has 0 radical (unpaired) electrons. The number of hydrogen-bond donors (Lipinski definition) is 2. The lowest BCUT2D eigenvalue weighted by Crippen LogP contribution is -2.32. The molecule has 1 fully saturated rings. The number of pyridine rings is 1. The molecule has 134 valence electrons. The number of rotatable bonds is 8. The third kappa shape index (κ3) is 5.46. The molecule has 24 heavy (non-hydrogen) atoms. The van der Waals surface area contributed by atoms with Crippen LogP contribution in [0.2, 0.25) is 0 Å². The van der Waals surface area contributed by atoms with Gasteiger partial charge in [-0.3, -0.25) is 4.79 Å². The summed E-state index contributed by atoms with van der Waals surface area (Å²) in [5, 5.41) is 12.0. The standard InChI is InChI=1S/C18H30N4O2/c1-14(2)12-22-7-6-15(13-22)10-20-18(24)16-4-5-17(19-11-16)21(3)8-9-23/h4-5,11,14-15,23H,6-10,12-13H2,1-3H3,(H,20,24). The number of aliphatic hydroxyl groups is 1. The number of carbonyl (C=O) groups is 1. The largest absolute Gasteiger partial charge is 0.395 e. The van der Waals surface area contributed by atoms with Crippen molar-refractivity contribution in [3.05, 3.63) is 23.9 Å². The number of likely N-dealkylation sites (tertiary alicyclic amines) is 1. The minimum absolute atomic E-state index is 0.0684. The number of hydrogen-bond acceptors (Lipinski definition) is 5. The van der Waals surface area contributed by atoms with E-state index in [1.807, 2.05) is 18.0 Å². The van der Waals surface area contributed by atoms with Crippen LogP contribution in [0.1, 0.15) is 30.6 Å². The Bertz CT molecular complexity index is 518. The fourth-order valence-corrected chi connectivity index (χ4v) is 3.11. The van der Waals surface area contributed by atoms with Crippen molar-refractivity contribution in [3.8, 4) is 0 Å². The molecule has 0 bridgehead atoms. The van der Waals surface area contributed by atoms with E-state index < -0.39 is 0 Å². The van der Waals surface area contributed by atoms with E-state index in [-0.39, 0.29) is 12.5 Å². The van der Waals surface area contributed by atoms with Gasteiger partial charge in [-0.1, -0.05) is 13.8 Å². The number of likely N-dealkylation sites (N-methyl/N-ethyl adjacent to an activating group) is 1. The van der Waals surface area contributed by atoms with Gasteiger partial charge in [0.15, 0.2) is 0 Å². The highest BCUT2D eigenvalue weighted by Crippen LogP contribution is 2.17. The van der Waals surface area contributed by atoms with Crippen molar-refractivity contribution in [3.63, 3.8) is 0 Å². The average Bonchev–Trinajstić information content (AvgIpc) is 2.99. The second kappa shape index (κ2) is 8.99. The first-order valence-corrected chi connectivity index (χ1v) is 8.78. The molecule has 1 aromatic heterocycles. The van der Waals surface area contributed by atoms with Gasteiger partial charge in [-0.15, -0.1) is 0 Å². The number of nitrogens with one attached hydrogen (secondary N) is 1. The van der Waals surface area contributed by atoms with E-state index in [0.29, 0.717) is 23.9 Å². The maximum atomic E-state index is 12.2. The van der Waals surface area contributed by atoms with Gasteiger partial charge < -0.3 is 20.2 Å². The third-order valence-corrected chi connectivity index (χ3v) is 4.38. The van der Waals surface area contributed by atoms with Crippen molar-refractivity contribution in [1.82, 2.24) is 15.2 Å². The zero-order chi connectivity index (χ0) is 17.5. The van der Waals surface area contributed by atoms with Gasteiger partial charge in [-0.2, -0.15) is 0 Å². The number of nitrogens with zero attached hydrogens (tertiary/aromatic N) is 3. The number of aromatic nitrogens is 1. The Labute approximate surface area is 144 Å². The van der Waals surface area contributed by atoms with Crippen LogP contribution in [0, 0.1) is 11.8 Å². The Balaban J connectivity index is 1.78. The molecular weight excluding hydrogens is 304 g/mol. The van der Waals surface area contributed by atoms with E-state index in [9.17, 15) is 4.79 Å². The highest BCUT2D eigenvalue weighted by atomic mass is 16.3. The van der Waals surface area contributed by atoms with Crippen LogP contribution >= 0.6 is 0 Å². The molecule has 1 amide bonds. The maximum absolute atomic E-state index is 12.2. The lowest BCUT2D eigenvalue weighted by molar-refractivity contribution is 0.0947. The molecule has 0 aliphatic carbocycles. The molecule has 1 aliphatic rings. The van der Waals surface area contributed by atoms with Crippen molar-refractivity contribution in [2.45, 2.75) is 20.3 Å². The Morgan fingerprint density at radius 1 is 1.50 bits per heavy atom. The summed E-state index contributed by atoms with van der Waals surface area (Å²) < 4.78 is 0. The highest BCUT2D eigenvalue weighted by Gasteiger charge is 2.23. The molecule has 6 heteroatoms. The van der Waals surface area contributed by atoms with Crippen LogP contribution in [-0.2, 0) is 0 Å². The van der Waals surface area contributed by atoms with E-state index in [4.69, 9.17) is 5.11 Å². The van der Waals surface area contributed by atoms with Crippen LogP contribution in [0.5, 0.6) is 0 Å². The van der Waals surface area contributed by atoms with Crippen molar-refractivity contribution >= 4 is 11.7 Å². The SMILES string of the molecule is CC(C)CN1CCC(CNC(=O)c2ccc(N(C)CCO)nc2)C1. The molecule has 0 aromatic carbocycles. The summed E-state index contributed by atoms with van der Waals surface area (Å²) in [7, 11) is 1.86. The Kier molecular flexibility index (Phi) is 6.99. The summed E-state index contributed by atoms with van der Waals surface area (Å²) >= 11 is 0. The molecule has 1 aromatic rings. The van der Waals surface area contributed by atoms with Crippen LogP contribution in [0.25, 0.3) is 0 Å². The van der Waals surface area contributed by atoms with Crippen LogP contribution in [-0.4, -0.2) is 67.3 Å². The number of aliphatic hydroxyl groups excluding tert-OH is 1. The molecule has 1 aliphatic heterocycles. The van der Waals surface area contributed by atoms with Crippen molar-refractivity contribution in [2.75, 3.05) is 51.3 Å². The van der Waals surface area contributed by atoms with Gasteiger partial charge >= 0.3 is 0 Å². The smallest absolute Gasteiger partial charge is 0.252 e. The first-order valence-electron chi connectivity index (χ1n) is 8.78. The van der Waals surface area contributed by atoms with Gasteiger partial charge in [0.25, 0.3) is 5.91 Å². The van der Waals surface area contributed by atoms with Crippen LogP contribution in [0.3, 0.4) is 0 Å². The summed E-state index contributed by atoms with van der Waals surface area (Å²) in [4.78, 5) is 20.9. The Morgan fingerprint density at radius 3 is 2.92 bits per heavy atom. The second-order valence-electron chi connectivity index (χ2n) is 7.07. The van der Waals surface area contributed by atoms with E-state index in [1.165, 1.54) is 0 Å². The lowest BCUT2D eigenvalue weighted by atomic mass is 10.1. The second-order valence-corrected chi connectivity index (χ2v) is 7.07. The first-order chi connectivity index (χ1) is 11.5. The normalized spacial score (nSPS) is 18.1. The molecule has 2 heterocycles. The summed E-state index contributed by atoms with van der Waals surface area (Å²) in [6, 6.07) is 3.59. The Hall–Kier alpha value is -1.66. The van der Waals surface area contributed by atoms with Gasteiger partial charge in [0, 0.05) is 39.4 Å². The van der Waals surface area contributed by atoms with E-state index in [0.717, 1.165) is 38.4 Å². The minimum Gasteiger partial charge on any atom is -0.395 e. The summed E-state index contributed by atoms with van der Waals surface area (Å²) in [5.41, 5.74) is 0.577. The van der Waals surface area contributed by atoms with Crippen molar-refractivity contribution in [1.29, 1.82) is 0 Å².